The van der Waals surface area contributed by atoms with Crippen LogP contribution in [0.2, 0.25) is 0 Å². The summed E-state index contributed by atoms with van der Waals surface area (Å²) in [6.45, 7) is 6.50. The number of H-pyrrole nitrogens is 1. The van der Waals surface area contributed by atoms with Gasteiger partial charge in [0.2, 0.25) is 0 Å². The molecule has 3 heterocycles. The van der Waals surface area contributed by atoms with E-state index in [4.69, 9.17) is 4.74 Å². The van der Waals surface area contributed by atoms with E-state index in [0.717, 1.165) is 60.6 Å². The third-order valence-corrected chi connectivity index (χ3v) is 6.14. The van der Waals surface area contributed by atoms with Crippen LogP contribution in [0.5, 0.6) is 0 Å². The zero-order valence-corrected chi connectivity index (χ0v) is 19.6. The maximum Gasteiger partial charge on any atom is 0.254 e. The minimum absolute atomic E-state index is 0.0337. The van der Waals surface area contributed by atoms with Crippen LogP contribution in [0.3, 0.4) is 0 Å². The molecular weight excluding hydrogens is 437 g/mol. The van der Waals surface area contributed by atoms with Crippen LogP contribution >= 0.6 is 0 Å². The van der Waals surface area contributed by atoms with Gasteiger partial charge in [0, 0.05) is 63.8 Å². The molecule has 1 aliphatic rings. The summed E-state index contributed by atoms with van der Waals surface area (Å²) in [6, 6.07) is 8.59. The first-order chi connectivity index (χ1) is 16.5. The molecule has 2 N–H and O–H groups in total. The normalized spacial score (nSPS) is 14.5. The van der Waals surface area contributed by atoms with Crippen molar-refractivity contribution in [1.29, 1.82) is 0 Å². The van der Waals surface area contributed by atoms with Gasteiger partial charge in [0.05, 0.1) is 23.2 Å². The van der Waals surface area contributed by atoms with Gasteiger partial charge < -0.3 is 19.9 Å². The number of anilines is 1. The Morgan fingerprint density at radius 2 is 2.00 bits per heavy atom. The van der Waals surface area contributed by atoms with Gasteiger partial charge in [0.25, 0.3) is 11.5 Å². The summed E-state index contributed by atoms with van der Waals surface area (Å²) < 4.78 is 19.5. The molecule has 0 bridgehead atoms. The van der Waals surface area contributed by atoms with Crippen LogP contribution in [0, 0.1) is 5.82 Å². The number of nitrogens with one attached hydrogen (secondary N) is 2. The zero-order chi connectivity index (χ0) is 24.1. The van der Waals surface area contributed by atoms with Crippen LogP contribution in [0.15, 0.2) is 41.3 Å². The van der Waals surface area contributed by atoms with E-state index in [2.05, 4.69) is 25.1 Å². The molecule has 1 aliphatic heterocycles. The summed E-state index contributed by atoms with van der Waals surface area (Å²) in [7, 11) is 1.55. The molecule has 4 rings (SSSR count). The average molecular weight is 468 g/mol. The van der Waals surface area contributed by atoms with Crippen LogP contribution in [-0.4, -0.2) is 67.2 Å². The summed E-state index contributed by atoms with van der Waals surface area (Å²) in [4.78, 5) is 36.1. The Morgan fingerprint density at radius 1 is 1.21 bits per heavy atom. The van der Waals surface area contributed by atoms with Gasteiger partial charge >= 0.3 is 0 Å². The number of carbonyl (C=O) groups excluding carboxylic acids is 1. The molecule has 0 unspecified atom stereocenters. The van der Waals surface area contributed by atoms with Crippen molar-refractivity contribution in [2.75, 3.05) is 51.3 Å². The first kappa shape index (κ1) is 23.8. The standard InChI is InChI=1S/C25H30FN5O3/c1-3-18-13-22-23(29-24(18)32)12-17(15-28-22)16-30-7-9-31(10-8-30)19-4-5-20(21(26)14-19)25(33)27-6-11-34-2/h4-5,12-15H,3,6-11,16H2,1-2H3,(H,27,33)(H,29,32). The second kappa shape index (κ2) is 10.8. The van der Waals surface area contributed by atoms with Gasteiger partial charge in [-0.3, -0.25) is 19.5 Å². The predicted molar refractivity (Wildman–Crippen MR) is 130 cm³/mol. The van der Waals surface area contributed by atoms with Crippen LogP contribution in [0.1, 0.15) is 28.4 Å². The number of ether oxygens (including phenoxy) is 1. The summed E-state index contributed by atoms with van der Waals surface area (Å²) in [5, 5.41) is 2.64. The first-order valence-electron chi connectivity index (χ1n) is 11.5. The number of aromatic nitrogens is 2. The molecule has 1 aromatic carbocycles. The lowest BCUT2D eigenvalue weighted by atomic mass is 10.1. The number of hydrogen-bond acceptors (Lipinski definition) is 6. The van der Waals surface area contributed by atoms with Crippen molar-refractivity contribution in [3.8, 4) is 0 Å². The highest BCUT2D eigenvalue weighted by Crippen LogP contribution is 2.21. The number of halogens is 1. The van der Waals surface area contributed by atoms with Gasteiger partial charge in [-0.1, -0.05) is 6.92 Å². The second-order valence-electron chi connectivity index (χ2n) is 8.43. The number of hydrogen-bond donors (Lipinski definition) is 2. The third-order valence-electron chi connectivity index (χ3n) is 6.14. The number of nitrogens with zero attached hydrogens (tertiary/aromatic N) is 3. The van der Waals surface area contributed by atoms with Gasteiger partial charge in [-0.2, -0.15) is 0 Å². The van der Waals surface area contributed by atoms with E-state index in [0.29, 0.717) is 19.6 Å². The fourth-order valence-corrected chi connectivity index (χ4v) is 4.19. The number of rotatable bonds is 8. The number of aryl methyl sites for hydroxylation is 1. The molecule has 0 saturated carbocycles. The van der Waals surface area contributed by atoms with Crippen LogP contribution < -0.4 is 15.8 Å². The molecule has 1 saturated heterocycles. The number of amides is 1. The Balaban J connectivity index is 1.35. The number of aromatic amines is 1. The maximum atomic E-state index is 14.6. The van der Waals surface area contributed by atoms with Crippen molar-refractivity contribution in [1.82, 2.24) is 20.2 Å². The van der Waals surface area contributed by atoms with E-state index in [1.807, 2.05) is 25.3 Å². The largest absolute Gasteiger partial charge is 0.383 e. The van der Waals surface area contributed by atoms with Crippen molar-refractivity contribution in [3.05, 3.63) is 69.4 Å². The number of carbonyl (C=O) groups is 1. The fourth-order valence-electron chi connectivity index (χ4n) is 4.19. The molecule has 180 valence electrons. The highest BCUT2D eigenvalue weighted by Gasteiger charge is 2.20. The molecule has 0 atom stereocenters. The van der Waals surface area contributed by atoms with Gasteiger partial charge in [0.1, 0.15) is 5.82 Å². The molecule has 2 aromatic heterocycles. The van der Waals surface area contributed by atoms with Crippen LogP contribution in [0.25, 0.3) is 11.0 Å². The van der Waals surface area contributed by atoms with Crippen molar-refractivity contribution < 1.29 is 13.9 Å². The van der Waals surface area contributed by atoms with Crippen molar-refractivity contribution in [3.63, 3.8) is 0 Å². The highest BCUT2D eigenvalue weighted by atomic mass is 19.1. The van der Waals surface area contributed by atoms with Crippen molar-refractivity contribution in [2.24, 2.45) is 0 Å². The number of methoxy groups -OCH3 is 1. The zero-order valence-electron chi connectivity index (χ0n) is 19.6. The van der Waals surface area contributed by atoms with E-state index in [9.17, 15) is 14.0 Å². The molecule has 34 heavy (non-hydrogen) atoms. The number of benzene rings is 1. The average Bonchev–Trinajstić information content (AvgIpc) is 2.84. The molecule has 3 aromatic rings. The van der Waals surface area contributed by atoms with E-state index >= 15 is 0 Å². The lowest BCUT2D eigenvalue weighted by Crippen LogP contribution is -2.46. The SMILES string of the molecule is CCc1cc2ncc(CN3CCN(c4ccc(C(=O)NCCOC)c(F)c4)CC3)cc2[nH]c1=O. The Morgan fingerprint density at radius 3 is 2.71 bits per heavy atom. The Bertz CT molecular complexity index is 1220. The Labute approximate surface area is 197 Å². The summed E-state index contributed by atoms with van der Waals surface area (Å²) in [5.41, 5.74) is 4.06. The van der Waals surface area contributed by atoms with Crippen molar-refractivity contribution >= 4 is 22.6 Å². The van der Waals surface area contributed by atoms with Crippen molar-refractivity contribution in [2.45, 2.75) is 19.9 Å². The number of pyridine rings is 2. The van der Waals surface area contributed by atoms with E-state index in [1.165, 1.54) is 12.1 Å². The monoisotopic (exact) mass is 467 g/mol. The topological polar surface area (TPSA) is 90.6 Å². The van der Waals surface area contributed by atoms with Gasteiger partial charge in [-0.25, -0.2) is 4.39 Å². The summed E-state index contributed by atoms with van der Waals surface area (Å²) in [6.07, 6.45) is 2.53. The molecule has 9 heteroatoms. The minimum atomic E-state index is -0.530. The Kier molecular flexibility index (Phi) is 7.54. The van der Waals surface area contributed by atoms with Gasteiger partial charge in [-0.05, 0) is 42.3 Å². The first-order valence-corrected chi connectivity index (χ1v) is 11.5. The fraction of sp³-hybridized carbons (Fsp3) is 0.400. The minimum Gasteiger partial charge on any atom is -0.383 e. The second-order valence-corrected chi connectivity index (χ2v) is 8.43. The Hall–Kier alpha value is -3.30. The third kappa shape index (κ3) is 5.43. The van der Waals surface area contributed by atoms with Gasteiger partial charge in [0.15, 0.2) is 0 Å². The van der Waals surface area contributed by atoms with Crippen LogP contribution in [-0.2, 0) is 17.7 Å². The van der Waals surface area contributed by atoms with E-state index in [-0.39, 0.29) is 11.1 Å². The smallest absolute Gasteiger partial charge is 0.254 e. The van der Waals surface area contributed by atoms with Crippen LogP contribution in [0.4, 0.5) is 10.1 Å². The van der Waals surface area contributed by atoms with Gasteiger partial charge in [-0.15, -0.1) is 0 Å². The molecule has 0 radical (unpaired) electrons. The maximum absolute atomic E-state index is 14.6. The molecular formula is C25H30FN5O3. The molecule has 8 nitrogen and oxygen atoms in total. The molecule has 1 fully saturated rings. The van der Waals surface area contributed by atoms with E-state index in [1.54, 1.807) is 13.2 Å². The predicted octanol–water partition coefficient (Wildman–Crippen LogP) is 2.32. The lowest BCUT2D eigenvalue weighted by molar-refractivity contribution is 0.0933. The summed E-state index contributed by atoms with van der Waals surface area (Å²) in [5.74, 6) is -0.973. The molecule has 1 amide bonds. The summed E-state index contributed by atoms with van der Waals surface area (Å²) >= 11 is 0. The molecule has 0 spiro atoms. The molecule has 0 aliphatic carbocycles. The van der Waals surface area contributed by atoms with E-state index < -0.39 is 11.7 Å². The quantitative estimate of drug-likeness (QED) is 0.494. The lowest BCUT2D eigenvalue weighted by Gasteiger charge is -2.36. The highest BCUT2D eigenvalue weighted by molar-refractivity contribution is 5.94. The number of fused-ring (bicyclic) bond motifs is 1. The number of piperazine rings is 1.